The van der Waals surface area contributed by atoms with Gasteiger partial charge in [-0.05, 0) is 91.3 Å². The summed E-state index contributed by atoms with van der Waals surface area (Å²) in [6, 6.07) is 56.2. The Morgan fingerprint density at radius 1 is 0.239 bits per heavy atom. The summed E-state index contributed by atoms with van der Waals surface area (Å²) in [6.45, 7) is 0. The molecule has 2 aromatic heterocycles. The van der Waals surface area contributed by atoms with Crippen LogP contribution in [0.5, 0.6) is 0 Å². The molecule has 10 aromatic rings. The molecule has 10 rings (SSSR count). The number of fused-ring (bicyclic) bond motifs is 8. The van der Waals surface area contributed by atoms with E-state index in [1.807, 2.05) is 18.2 Å². The van der Waals surface area contributed by atoms with Crippen LogP contribution in [0.1, 0.15) is 0 Å². The fraction of sp³-hybridized carbons (Fsp3) is 0. The van der Waals surface area contributed by atoms with Crippen LogP contribution in [0.4, 0.5) is 0 Å². The lowest BCUT2D eigenvalue weighted by Crippen LogP contribution is -1.91. The Labute approximate surface area is 264 Å². The maximum Gasteiger partial charge on any atom is 0.136 e. The summed E-state index contributed by atoms with van der Waals surface area (Å²) in [6.07, 6.45) is 0. The molecule has 0 radical (unpaired) electrons. The second-order valence-corrected chi connectivity index (χ2v) is 12.0. The van der Waals surface area contributed by atoms with Crippen molar-refractivity contribution in [1.82, 2.24) is 0 Å². The average Bonchev–Trinajstić information content (AvgIpc) is 3.66. The number of hydrogen-bond acceptors (Lipinski definition) is 2. The molecule has 214 valence electrons. The molecule has 0 spiro atoms. The molecule has 46 heavy (non-hydrogen) atoms. The van der Waals surface area contributed by atoms with Crippen LogP contribution >= 0.6 is 0 Å². The molecular formula is C44H26O2. The van der Waals surface area contributed by atoms with Crippen molar-refractivity contribution in [2.75, 3.05) is 0 Å². The largest absolute Gasteiger partial charge is 0.456 e. The zero-order chi connectivity index (χ0) is 30.2. The van der Waals surface area contributed by atoms with Gasteiger partial charge < -0.3 is 8.83 Å². The molecule has 0 bridgehead atoms. The normalized spacial score (nSPS) is 11.9. The minimum absolute atomic E-state index is 0.870. The monoisotopic (exact) mass is 586 g/mol. The molecule has 0 aliphatic rings. The van der Waals surface area contributed by atoms with E-state index in [0.717, 1.165) is 49.4 Å². The van der Waals surface area contributed by atoms with E-state index in [4.69, 9.17) is 8.83 Å². The van der Waals surface area contributed by atoms with Crippen LogP contribution in [0.2, 0.25) is 0 Å². The van der Waals surface area contributed by atoms with Gasteiger partial charge in [0, 0.05) is 21.5 Å². The summed E-state index contributed by atoms with van der Waals surface area (Å²) in [5.74, 6) is 0. The Kier molecular flexibility index (Phi) is 5.31. The fourth-order valence-electron chi connectivity index (χ4n) is 7.38. The van der Waals surface area contributed by atoms with E-state index < -0.39 is 0 Å². The molecule has 0 amide bonds. The lowest BCUT2D eigenvalue weighted by atomic mass is 9.85. The van der Waals surface area contributed by atoms with Gasteiger partial charge in [-0.25, -0.2) is 0 Å². The molecule has 0 fully saturated rings. The number of benzene rings is 8. The highest BCUT2D eigenvalue weighted by atomic mass is 16.3. The van der Waals surface area contributed by atoms with E-state index in [0.29, 0.717) is 0 Å². The van der Waals surface area contributed by atoms with Crippen LogP contribution in [-0.4, -0.2) is 0 Å². The Morgan fingerprint density at radius 2 is 0.696 bits per heavy atom. The molecule has 8 aromatic carbocycles. The van der Waals surface area contributed by atoms with Gasteiger partial charge >= 0.3 is 0 Å². The first kappa shape index (κ1) is 25.2. The standard InChI is InChI=1S/C44H26O2/c1-2-11-27(12-3-1)28-13-10-14-29(23-28)43-33-16-4-6-18-35(33)44(36-19-7-5-17-34(36)43)30-21-22-32-38-26-41-37(25-42(38)46-40(32)24-30)31-15-8-9-20-39(31)45-41/h1-26H. The van der Waals surface area contributed by atoms with Crippen LogP contribution in [0.3, 0.4) is 0 Å². The van der Waals surface area contributed by atoms with E-state index in [9.17, 15) is 0 Å². The highest BCUT2D eigenvalue weighted by Gasteiger charge is 2.19. The van der Waals surface area contributed by atoms with Crippen LogP contribution in [-0.2, 0) is 0 Å². The van der Waals surface area contributed by atoms with Crippen LogP contribution < -0.4 is 0 Å². The molecule has 0 aliphatic carbocycles. The van der Waals surface area contributed by atoms with Crippen LogP contribution in [0.15, 0.2) is 167 Å². The lowest BCUT2D eigenvalue weighted by molar-refractivity contribution is 0.664. The average molecular weight is 587 g/mol. The SMILES string of the molecule is c1ccc(-c2cccc(-c3c4ccccc4c(-c4ccc5c(c4)oc4cc6c(cc45)oc4ccccc46)c4ccccc34)c2)cc1. The van der Waals surface area contributed by atoms with Gasteiger partial charge in [0.2, 0.25) is 0 Å². The van der Waals surface area contributed by atoms with Crippen molar-refractivity contribution >= 4 is 65.4 Å². The fourth-order valence-corrected chi connectivity index (χ4v) is 7.38. The van der Waals surface area contributed by atoms with E-state index in [1.165, 1.54) is 49.4 Å². The van der Waals surface area contributed by atoms with Crippen molar-refractivity contribution in [3.63, 3.8) is 0 Å². The van der Waals surface area contributed by atoms with E-state index in [-0.39, 0.29) is 0 Å². The van der Waals surface area contributed by atoms with Gasteiger partial charge in [0.1, 0.15) is 22.3 Å². The predicted octanol–water partition coefficient (Wildman–Crippen LogP) is 12.8. The van der Waals surface area contributed by atoms with Gasteiger partial charge in [-0.2, -0.15) is 0 Å². The first-order chi connectivity index (χ1) is 22.8. The second kappa shape index (κ2) is 9.69. The quantitative estimate of drug-likeness (QED) is 0.193. The Balaban J connectivity index is 1.21. The molecule has 0 N–H and O–H groups in total. The van der Waals surface area contributed by atoms with Gasteiger partial charge in [0.25, 0.3) is 0 Å². The first-order valence-corrected chi connectivity index (χ1v) is 15.7. The van der Waals surface area contributed by atoms with Crippen molar-refractivity contribution in [1.29, 1.82) is 0 Å². The Bertz CT molecular complexity index is 2740. The second-order valence-electron chi connectivity index (χ2n) is 12.0. The summed E-state index contributed by atoms with van der Waals surface area (Å²) < 4.78 is 12.8. The number of hydrogen-bond donors (Lipinski definition) is 0. The summed E-state index contributed by atoms with van der Waals surface area (Å²) in [7, 11) is 0. The molecule has 0 unspecified atom stereocenters. The minimum atomic E-state index is 0.870. The van der Waals surface area contributed by atoms with Crippen molar-refractivity contribution in [3.8, 4) is 33.4 Å². The van der Waals surface area contributed by atoms with Gasteiger partial charge in [-0.15, -0.1) is 0 Å². The summed E-state index contributed by atoms with van der Waals surface area (Å²) in [5, 5.41) is 9.25. The zero-order valence-corrected chi connectivity index (χ0v) is 24.8. The van der Waals surface area contributed by atoms with Crippen molar-refractivity contribution in [2.45, 2.75) is 0 Å². The third-order valence-electron chi connectivity index (χ3n) is 9.45. The topological polar surface area (TPSA) is 26.3 Å². The summed E-state index contributed by atoms with van der Waals surface area (Å²) in [5.41, 5.74) is 10.8. The van der Waals surface area contributed by atoms with Gasteiger partial charge in [0.05, 0.1) is 0 Å². The number of para-hydroxylation sites is 1. The highest BCUT2D eigenvalue weighted by Crippen LogP contribution is 2.45. The van der Waals surface area contributed by atoms with Crippen molar-refractivity contribution in [3.05, 3.63) is 158 Å². The third kappa shape index (κ3) is 3.71. The van der Waals surface area contributed by atoms with Crippen molar-refractivity contribution < 1.29 is 8.83 Å². The minimum Gasteiger partial charge on any atom is -0.456 e. The molecule has 2 heterocycles. The predicted molar refractivity (Wildman–Crippen MR) is 192 cm³/mol. The van der Waals surface area contributed by atoms with Crippen LogP contribution in [0.25, 0.3) is 98.8 Å². The summed E-state index contributed by atoms with van der Waals surface area (Å²) in [4.78, 5) is 0. The Hall–Kier alpha value is -6.12. The first-order valence-electron chi connectivity index (χ1n) is 15.7. The third-order valence-corrected chi connectivity index (χ3v) is 9.45. The maximum absolute atomic E-state index is 6.57. The maximum atomic E-state index is 6.57. The Morgan fingerprint density at radius 3 is 1.35 bits per heavy atom. The zero-order valence-electron chi connectivity index (χ0n) is 24.8. The van der Waals surface area contributed by atoms with E-state index in [1.54, 1.807) is 0 Å². The van der Waals surface area contributed by atoms with Gasteiger partial charge in [-0.3, -0.25) is 0 Å². The van der Waals surface area contributed by atoms with E-state index in [2.05, 4.69) is 140 Å². The summed E-state index contributed by atoms with van der Waals surface area (Å²) >= 11 is 0. The van der Waals surface area contributed by atoms with Gasteiger partial charge in [-0.1, -0.05) is 121 Å². The lowest BCUT2D eigenvalue weighted by Gasteiger charge is -2.18. The van der Waals surface area contributed by atoms with Crippen LogP contribution in [0, 0.1) is 0 Å². The van der Waals surface area contributed by atoms with Crippen molar-refractivity contribution in [2.24, 2.45) is 0 Å². The molecule has 2 heteroatoms. The smallest absolute Gasteiger partial charge is 0.136 e. The van der Waals surface area contributed by atoms with Gasteiger partial charge in [0.15, 0.2) is 0 Å². The molecule has 2 nitrogen and oxygen atoms in total. The highest BCUT2D eigenvalue weighted by molar-refractivity contribution is 6.22. The molecule has 0 aliphatic heterocycles. The molecule has 0 saturated heterocycles. The van der Waals surface area contributed by atoms with E-state index >= 15 is 0 Å². The number of furan rings is 2. The molecule has 0 saturated carbocycles. The molecule has 0 atom stereocenters. The number of rotatable bonds is 3. The molecular weight excluding hydrogens is 560 g/mol.